The summed E-state index contributed by atoms with van der Waals surface area (Å²) in [4.78, 5) is 8.92. The highest BCUT2D eigenvalue weighted by Crippen LogP contribution is 2.21. The van der Waals surface area contributed by atoms with Crippen LogP contribution in [0.1, 0.15) is 45.0 Å². The summed E-state index contributed by atoms with van der Waals surface area (Å²) in [5.74, 6) is 1.34. The summed E-state index contributed by atoms with van der Waals surface area (Å²) >= 11 is 0. The Morgan fingerprint density at radius 1 is 1.10 bits per heavy atom. The maximum Gasteiger partial charge on any atom is 0.130 e. The van der Waals surface area contributed by atoms with Gasteiger partial charge in [-0.05, 0) is 31.4 Å². The predicted molar refractivity (Wildman–Crippen MR) is 83.5 cm³/mol. The molecular weight excluding hydrogens is 246 g/mol. The largest absolute Gasteiger partial charge is 0.325 e. The van der Waals surface area contributed by atoms with Gasteiger partial charge in [-0.25, -0.2) is 9.97 Å². The second-order valence-corrected chi connectivity index (χ2v) is 6.30. The first-order chi connectivity index (χ1) is 9.35. The average molecular weight is 269 g/mol. The minimum absolute atomic E-state index is 0.292. The Hall–Kier alpha value is -1.74. The van der Waals surface area contributed by atoms with E-state index in [1.54, 1.807) is 6.20 Å². The van der Waals surface area contributed by atoms with Crippen LogP contribution in [-0.4, -0.2) is 15.5 Å². The van der Waals surface area contributed by atoms with Gasteiger partial charge in [-0.2, -0.15) is 0 Å². The van der Waals surface area contributed by atoms with Gasteiger partial charge in [0.05, 0.1) is 5.69 Å². The molecular formula is C17H23N3. The number of nitrogens with two attached hydrogens (primary N) is 1. The molecule has 20 heavy (non-hydrogen) atoms. The molecule has 0 fully saturated rings. The van der Waals surface area contributed by atoms with Gasteiger partial charge in [0.25, 0.3) is 0 Å². The highest BCUT2D eigenvalue weighted by molar-refractivity contribution is 5.59. The van der Waals surface area contributed by atoms with E-state index in [1.807, 2.05) is 19.9 Å². The van der Waals surface area contributed by atoms with E-state index in [0.717, 1.165) is 17.1 Å². The predicted octanol–water partition coefficient (Wildman–Crippen LogP) is 3.55. The van der Waals surface area contributed by atoms with Gasteiger partial charge in [0, 0.05) is 23.7 Å². The van der Waals surface area contributed by atoms with Crippen molar-refractivity contribution >= 4 is 0 Å². The number of aromatic nitrogens is 2. The minimum Gasteiger partial charge on any atom is -0.325 e. The summed E-state index contributed by atoms with van der Waals surface area (Å²) in [7, 11) is 0. The summed E-state index contributed by atoms with van der Waals surface area (Å²) in [6.07, 6.45) is 2.48. The Morgan fingerprint density at radius 2 is 1.75 bits per heavy atom. The molecule has 2 N–H and O–H groups in total. The Labute approximate surface area is 121 Å². The third-order valence-corrected chi connectivity index (χ3v) is 3.19. The van der Waals surface area contributed by atoms with Crippen LogP contribution < -0.4 is 5.73 Å². The van der Waals surface area contributed by atoms with Crippen molar-refractivity contribution in [1.29, 1.82) is 0 Å². The molecule has 3 nitrogen and oxygen atoms in total. The molecule has 0 aliphatic heterocycles. The standard InChI is InChI=1S/C17H23N3/c1-12(2)13-5-7-14(8-6-13)15-9-10-19-16(20-15)11-17(3,4)18/h5-10,12H,11,18H2,1-4H3. The Balaban J connectivity index is 2.26. The van der Waals surface area contributed by atoms with Crippen molar-refractivity contribution < 1.29 is 0 Å². The van der Waals surface area contributed by atoms with Crippen LogP contribution in [0.2, 0.25) is 0 Å². The van der Waals surface area contributed by atoms with Crippen LogP contribution in [0.5, 0.6) is 0 Å². The molecule has 3 heteroatoms. The molecule has 2 aromatic rings. The summed E-state index contributed by atoms with van der Waals surface area (Å²) in [6, 6.07) is 10.5. The first-order valence-corrected chi connectivity index (χ1v) is 7.06. The van der Waals surface area contributed by atoms with E-state index >= 15 is 0 Å². The summed E-state index contributed by atoms with van der Waals surface area (Å²) < 4.78 is 0. The van der Waals surface area contributed by atoms with Crippen molar-refractivity contribution in [3.63, 3.8) is 0 Å². The van der Waals surface area contributed by atoms with Gasteiger partial charge in [0.2, 0.25) is 0 Å². The Kier molecular flexibility index (Phi) is 4.19. The zero-order valence-corrected chi connectivity index (χ0v) is 12.7. The number of hydrogen-bond acceptors (Lipinski definition) is 3. The number of benzene rings is 1. The normalized spacial score (nSPS) is 11.9. The molecule has 0 atom stereocenters. The van der Waals surface area contributed by atoms with Gasteiger partial charge in [0.1, 0.15) is 5.82 Å². The molecule has 0 spiro atoms. The van der Waals surface area contributed by atoms with Gasteiger partial charge in [0.15, 0.2) is 0 Å². The molecule has 0 aliphatic carbocycles. The van der Waals surface area contributed by atoms with Crippen molar-refractivity contribution in [1.82, 2.24) is 9.97 Å². The monoisotopic (exact) mass is 269 g/mol. The molecule has 2 rings (SSSR count). The lowest BCUT2D eigenvalue weighted by molar-refractivity contribution is 0.502. The molecule has 1 aromatic heterocycles. The third-order valence-electron chi connectivity index (χ3n) is 3.19. The van der Waals surface area contributed by atoms with E-state index in [2.05, 4.69) is 48.1 Å². The minimum atomic E-state index is -0.292. The van der Waals surface area contributed by atoms with E-state index in [-0.39, 0.29) is 5.54 Å². The van der Waals surface area contributed by atoms with E-state index in [0.29, 0.717) is 12.3 Å². The van der Waals surface area contributed by atoms with Gasteiger partial charge >= 0.3 is 0 Å². The van der Waals surface area contributed by atoms with E-state index in [4.69, 9.17) is 5.73 Å². The first-order valence-electron chi connectivity index (χ1n) is 7.06. The maximum absolute atomic E-state index is 6.03. The third kappa shape index (κ3) is 3.87. The van der Waals surface area contributed by atoms with E-state index in [1.165, 1.54) is 5.56 Å². The highest BCUT2D eigenvalue weighted by Gasteiger charge is 2.14. The van der Waals surface area contributed by atoms with Crippen molar-refractivity contribution in [2.45, 2.75) is 45.6 Å². The summed E-state index contributed by atoms with van der Waals surface area (Å²) in [5, 5.41) is 0. The Morgan fingerprint density at radius 3 is 2.30 bits per heavy atom. The van der Waals surface area contributed by atoms with Crippen molar-refractivity contribution in [2.75, 3.05) is 0 Å². The molecule has 0 unspecified atom stereocenters. The quantitative estimate of drug-likeness (QED) is 0.923. The van der Waals surface area contributed by atoms with Crippen LogP contribution in [0.4, 0.5) is 0 Å². The lowest BCUT2D eigenvalue weighted by Gasteiger charge is -2.17. The number of nitrogens with zero attached hydrogens (tertiary/aromatic N) is 2. The average Bonchev–Trinajstić information content (AvgIpc) is 2.37. The van der Waals surface area contributed by atoms with Crippen LogP contribution in [-0.2, 0) is 6.42 Å². The van der Waals surface area contributed by atoms with Crippen LogP contribution in [0, 0.1) is 0 Å². The van der Waals surface area contributed by atoms with Gasteiger partial charge in [-0.15, -0.1) is 0 Å². The molecule has 0 radical (unpaired) electrons. The topological polar surface area (TPSA) is 51.8 Å². The lowest BCUT2D eigenvalue weighted by atomic mass is 10.0. The SMILES string of the molecule is CC(C)c1ccc(-c2ccnc(CC(C)(C)N)n2)cc1. The van der Waals surface area contributed by atoms with Crippen LogP contribution in [0.15, 0.2) is 36.5 Å². The van der Waals surface area contributed by atoms with Crippen molar-refractivity contribution in [2.24, 2.45) is 5.73 Å². The van der Waals surface area contributed by atoms with Crippen LogP contribution in [0.25, 0.3) is 11.3 Å². The summed E-state index contributed by atoms with van der Waals surface area (Å²) in [5.41, 5.74) is 9.15. The fourth-order valence-electron chi connectivity index (χ4n) is 2.09. The zero-order valence-electron chi connectivity index (χ0n) is 12.7. The highest BCUT2D eigenvalue weighted by atomic mass is 14.9. The lowest BCUT2D eigenvalue weighted by Crippen LogP contribution is -2.35. The van der Waals surface area contributed by atoms with E-state index < -0.39 is 0 Å². The molecule has 0 saturated carbocycles. The van der Waals surface area contributed by atoms with Gasteiger partial charge in [-0.1, -0.05) is 38.1 Å². The molecule has 0 bridgehead atoms. The fourth-order valence-corrected chi connectivity index (χ4v) is 2.09. The second-order valence-electron chi connectivity index (χ2n) is 6.30. The fraction of sp³-hybridized carbons (Fsp3) is 0.412. The zero-order chi connectivity index (χ0) is 14.8. The summed E-state index contributed by atoms with van der Waals surface area (Å²) in [6.45, 7) is 8.36. The van der Waals surface area contributed by atoms with Crippen LogP contribution >= 0.6 is 0 Å². The molecule has 1 heterocycles. The van der Waals surface area contributed by atoms with Gasteiger partial charge < -0.3 is 5.73 Å². The molecule has 1 aromatic carbocycles. The maximum atomic E-state index is 6.03. The molecule has 0 saturated heterocycles. The number of rotatable bonds is 4. The molecule has 106 valence electrons. The van der Waals surface area contributed by atoms with Crippen molar-refractivity contribution in [3.05, 3.63) is 47.9 Å². The first kappa shape index (κ1) is 14.7. The van der Waals surface area contributed by atoms with Gasteiger partial charge in [-0.3, -0.25) is 0 Å². The van der Waals surface area contributed by atoms with Crippen molar-refractivity contribution in [3.8, 4) is 11.3 Å². The van der Waals surface area contributed by atoms with Crippen LogP contribution in [0.3, 0.4) is 0 Å². The second kappa shape index (κ2) is 5.71. The Bertz CT molecular complexity index is 566. The molecule has 0 aliphatic rings. The smallest absolute Gasteiger partial charge is 0.130 e. The van der Waals surface area contributed by atoms with E-state index in [9.17, 15) is 0 Å². The number of hydrogen-bond donors (Lipinski definition) is 1. The molecule has 0 amide bonds.